The monoisotopic (exact) mass is 374 g/mol. The number of methoxy groups -OCH3 is 2. The highest BCUT2D eigenvalue weighted by Gasteiger charge is 2.35. The maximum Gasteiger partial charge on any atom is 0.247 e. The molecule has 0 saturated heterocycles. The van der Waals surface area contributed by atoms with E-state index < -0.39 is 10.0 Å². The van der Waals surface area contributed by atoms with Crippen LogP contribution in [-0.2, 0) is 10.0 Å². The van der Waals surface area contributed by atoms with Crippen LogP contribution >= 0.6 is 0 Å². The van der Waals surface area contributed by atoms with Gasteiger partial charge in [0.15, 0.2) is 0 Å². The Bertz CT molecular complexity index is 954. The van der Waals surface area contributed by atoms with Gasteiger partial charge in [0.1, 0.15) is 11.5 Å². The van der Waals surface area contributed by atoms with Crippen molar-refractivity contribution < 1.29 is 17.9 Å². The number of nitrogens with zero attached hydrogens (tertiary/aromatic N) is 2. The minimum Gasteiger partial charge on any atom is -0.497 e. The molecular formula is C19H22N2O4S. The molecule has 3 rings (SSSR count). The lowest BCUT2D eigenvalue weighted by atomic mass is 9.95. The van der Waals surface area contributed by atoms with Crippen molar-refractivity contribution in [2.24, 2.45) is 5.10 Å². The van der Waals surface area contributed by atoms with Gasteiger partial charge in [-0.15, -0.1) is 0 Å². The Hall–Kier alpha value is -2.54. The van der Waals surface area contributed by atoms with Gasteiger partial charge < -0.3 is 9.47 Å². The molecule has 138 valence electrons. The molecule has 0 aromatic heterocycles. The summed E-state index contributed by atoms with van der Waals surface area (Å²) in [5.41, 5.74) is 3.41. The zero-order chi connectivity index (χ0) is 18.9. The molecule has 0 fully saturated rings. The zero-order valence-electron chi connectivity index (χ0n) is 15.3. The Balaban J connectivity index is 2.07. The van der Waals surface area contributed by atoms with E-state index in [0.29, 0.717) is 23.6 Å². The molecule has 0 bridgehead atoms. The molecule has 0 saturated carbocycles. The summed E-state index contributed by atoms with van der Waals surface area (Å²) in [5.74, 6) is 1.27. The standard InChI is InChI=1S/C19H22N2O4S/c1-13-7-5-6-8-15(13)18-12-17(20-21(18)26(4,22)23)16-10-9-14(24-2)11-19(16)25-3/h5-11,18H,12H2,1-4H3. The summed E-state index contributed by atoms with van der Waals surface area (Å²) in [4.78, 5) is 0. The van der Waals surface area contributed by atoms with Gasteiger partial charge in [-0.3, -0.25) is 0 Å². The van der Waals surface area contributed by atoms with E-state index in [2.05, 4.69) is 5.10 Å². The van der Waals surface area contributed by atoms with Gasteiger partial charge in [-0.25, -0.2) is 8.42 Å². The second kappa shape index (κ2) is 6.99. The molecule has 7 heteroatoms. The molecular weight excluding hydrogens is 352 g/mol. The first-order chi connectivity index (χ1) is 12.3. The maximum absolute atomic E-state index is 12.3. The van der Waals surface area contributed by atoms with Crippen LogP contribution in [-0.4, -0.2) is 39.0 Å². The highest BCUT2D eigenvalue weighted by atomic mass is 32.2. The fraction of sp³-hybridized carbons (Fsp3) is 0.316. The molecule has 0 N–H and O–H groups in total. The predicted molar refractivity (Wildman–Crippen MR) is 101 cm³/mol. The second-order valence-electron chi connectivity index (χ2n) is 6.22. The van der Waals surface area contributed by atoms with Crippen LogP contribution in [0.25, 0.3) is 0 Å². The minimum absolute atomic E-state index is 0.368. The van der Waals surface area contributed by atoms with E-state index in [0.717, 1.165) is 16.7 Å². The number of hydrogen-bond donors (Lipinski definition) is 0. The van der Waals surface area contributed by atoms with Gasteiger partial charge in [-0.1, -0.05) is 24.3 Å². The lowest BCUT2D eigenvalue weighted by molar-refractivity contribution is 0.374. The summed E-state index contributed by atoms with van der Waals surface area (Å²) < 4.78 is 36.5. The Morgan fingerprint density at radius 2 is 1.85 bits per heavy atom. The lowest BCUT2D eigenvalue weighted by Crippen LogP contribution is -2.26. The fourth-order valence-corrected chi connectivity index (χ4v) is 4.08. The van der Waals surface area contributed by atoms with Crippen LogP contribution in [0.4, 0.5) is 0 Å². The largest absolute Gasteiger partial charge is 0.497 e. The summed E-state index contributed by atoms with van der Waals surface area (Å²) in [6.07, 6.45) is 1.65. The van der Waals surface area contributed by atoms with Crippen LogP contribution in [0.15, 0.2) is 47.6 Å². The third kappa shape index (κ3) is 3.39. The van der Waals surface area contributed by atoms with Crippen molar-refractivity contribution in [2.45, 2.75) is 19.4 Å². The number of rotatable bonds is 5. The Labute approximate surface area is 154 Å². The molecule has 6 nitrogen and oxygen atoms in total. The van der Waals surface area contributed by atoms with E-state index >= 15 is 0 Å². The molecule has 1 aliphatic rings. The van der Waals surface area contributed by atoms with Crippen LogP contribution in [0.5, 0.6) is 11.5 Å². The molecule has 0 amide bonds. The van der Waals surface area contributed by atoms with Gasteiger partial charge in [0, 0.05) is 18.1 Å². The molecule has 0 spiro atoms. The summed E-state index contributed by atoms with van der Waals surface area (Å²) in [7, 11) is -0.355. The molecule has 2 aromatic rings. The van der Waals surface area contributed by atoms with Gasteiger partial charge in [0.2, 0.25) is 10.0 Å². The van der Waals surface area contributed by atoms with E-state index in [1.807, 2.05) is 43.3 Å². The molecule has 1 aliphatic heterocycles. The molecule has 26 heavy (non-hydrogen) atoms. The highest BCUT2D eigenvalue weighted by Crippen LogP contribution is 2.38. The first-order valence-electron chi connectivity index (χ1n) is 8.20. The Morgan fingerprint density at radius 3 is 2.46 bits per heavy atom. The summed E-state index contributed by atoms with van der Waals surface area (Å²) in [6, 6.07) is 12.8. The number of ether oxygens (including phenoxy) is 2. The number of benzene rings is 2. The maximum atomic E-state index is 12.3. The predicted octanol–water partition coefficient (Wildman–Crippen LogP) is 3.12. The van der Waals surface area contributed by atoms with Gasteiger partial charge in [0.25, 0.3) is 0 Å². The Morgan fingerprint density at radius 1 is 1.12 bits per heavy atom. The van der Waals surface area contributed by atoms with Crippen LogP contribution in [0, 0.1) is 6.92 Å². The van der Waals surface area contributed by atoms with Crippen molar-refractivity contribution >= 4 is 15.7 Å². The van der Waals surface area contributed by atoms with Crippen molar-refractivity contribution in [2.75, 3.05) is 20.5 Å². The third-order valence-corrected chi connectivity index (χ3v) is 5.50. The van der Waals surface area contributed by atoms with Crippen molar-refractivity contribution in [3.05, 3.63) is 59.2 Å². The highest BCUT2D eigenvalue weighted by molar-refractivity contribution is 7.88. The topological polar surface area (TPSA) is 68.2 Å². The van der Waals surface area contributed by atoms with Gasteiger partial charge >= 0.3 is 0 Å². The van der Waals surface area contributed by atoms with Crippen LogP contribution in [0.2, 0.25) is 0 Å². The minimum atomic E-state index is -3.51. The second-order valence-corrected chi connectivity index (χ2v) is 8.07. The van der Waals surface area contributed by atoms with Gasteiger partial charge in [0.05, 0.1) is 32.2 Å². The van der Waals surface area contributed by atoms with Crippen LogP contribution < -0.4 is 9.47 Å². The van der Waals surface area contributed by atoms with E-state index in [1.165, 1.54) is 10.7 Å². The normalized spacial score (nSPS) is 17.2. The summed E-state index contributed by atoms with van der Waals surface area (Å²) in [6.45, 7) is 1.97. The van der Waals surface area contributed by atoms with Crippen LogP contribution in [0.1, 0.15) is 29.2 Å². The zero-order valence-corrected chi connectivity index (χ0v) is 16.1. The van der Waals surface area contributed by atoms with Crippen molar-refractivity contribution in [3.8, 4) is 11.5 Å². The smallest absolute Gasteiger partial charge is 0.247 e. The third-order valence-electron chi connectivity index (χ3n) is 4.48. The van der Waals surface area contributed by atoms with Gasteiger partial charge in [-0.2, -0.15) is 9.52 Å². The molecule has 0 aliphatic carbocycles. The number of aryl methyl sites for hydroxylation is 1. The molecule has 2 aromatic carbocycles. The average molecular weight is 374 g/mol. The Kier molecular flexibility index (Phi) is 4.91. The number of hydrazone groups is 1. The number of sulfonamides is 1. The first-order valence-corrected chi connectivity index (χ1v) is 10.0. The summed E-state index contributed by atoms with van der Waals surface area (Å²) >= 11 is 0. The molecule has 1 unspecified atom stereocenters. The van der Waals surface area contributed by atoms with E-state index in [-0.39, 0.29) is 6.04 Å². The van der Waals surface area contributed by atoms with Crippen molar-refractivity contribution in [1.29, 1.82) is 0 Å². The quantitative estimate of drug-likeness (QED) is 0.806. The van der Waals surface area contributed by atoms with E-state index in [4.69, 9.17) is 9.47 Å². The summed E-state index contributed by atoms with van der Waals surface area (Å²) in [5, 5.41) is 4.43. The fourth-order valence-electron chi connectivity index (χ4n) is 3.19. The van der Waals surface area contributed by atoms with Gasteiger partial charge in [-0.05, 0) is 30.2 Å². The molecule has 1 atom stereocenters. The molecule has 0 radical (unpaired) electrons. The van der Waals surface area contributed by atoms with E-state index in [1.54, 1.807) is 20.3 Å². The average Bonchev–Trinajstić information content (AvgIpc) is 3.06. The SMILES string of the molecule is COc1ccc(C2=NN(S(C)(=O)=O)C(c3ccccc3C)C2)c(OC)c1. The first kappa shape index (κ1) is 18.3. The van der Waals surface area contributed by atoms with E-state index in [9.17, 15) is 8.42 Å². The molecule has 1 heterocycles. The number of hydrogen-bond acceptors (Lipinski definition) is 5. The van der Waals surface area contributed by atoms with Crippen molar-refractivity contribution in [3.63, 3.8) is 0 Å². The lowest BCUT2D eigenvalue weighted by Gasteiger charge is -2.22. The van der Waals surface area contributed by atoms with Crippen LogP contribution in [0.3, 0.4) is 0 Å². The van der Waals surface area contributed by atoms with Crippen molar-refractivity contribution in [1.82, 2.24) is 4.41 Å².